The highest BCUT2D eigenvalue weighted by molar-refractivity contribution is 7.84. The zero-order chi connectivity index (χ0) is 12.5. The van der Waals surface area contributed by atoms with Gasteiger partial charge in [-0.25, -0.2) is 0 Å². The lowest BCUT2D eigenvalue weighted by atomic mass is 10.2. The molecule has 17 heavy (non-hydrogen) atoms. The van der Waals surface area contributed by atoms with Crippen molar-refractivity contribution in [1.29, 1.82) is 0 Å². The van der Waals surface area contributed by atoms with Gasteiger partial charge in [0, 0.05) is 42.9 Å². The van der Waals surface area contributed by atoms with E-state index in [1.165, 1.54) is 0 Å². The molecule has 0 bridgehead atoms. The van der Waals surface area contributed by atoms with Gasteiger partial charge in [-0.05, 0) is 5.56 Å². The monoisotopic (exact) mass is 253 g/mol. The summed E-state index contributed by atoms with van der Waals surface area (Å²) in [7, 11) is 2.67. The third-order valence-corrected chi connectivity index (χ3v) is 3.57. The second kappa shape index (κ2) is 7.84. The lowest BCUT2D eigenvalue weighted by Crippen LogP contribution is -2.36. The fourth-order valence-corrected chi connectivity index (χ4v) is 2.43. The average Bonchev–Trinajstić information content (AvgIpc) is 2.36. The number of aliphatic imine (C=N–C) groups is 1. The van der Waals surface area contributed by atoms with Crippen LogP contribution in [0.3, 0.4) is 0 Å². The maximum Gasteiger partial charge on any atom is 0.190 e. The second-order valence-corrected chi connectivity index (χ2v) is 5.10. The van der Waals surface area contributed by atoms with Crippen LogP contribution in [0.25, 0.3) is 0 Å². The molecule has 0 amide bonds. The first-order valence-electron chi connectivity index (χ1n) is 5.53. The molecule has 5 heteroatoms. The predicted molar refractivity (Wildman–Crippen MR) is 73.6 cm³/mol. The molecule has 0 fully saturated rings. The van der Waals surface area contributed by atoms with Crippen LogP contribution in [-0.2, 0) is 16.6 Å². The van der Waals surface area contributed by atoms with E-state index in [0.717, 1.165) is 11.5 Å². The van der Waals surface area contributed by atoms with Crippen molar-refractivity contribution in [3.8, 4) is 0 Å². The molecule has 1 rings (SSSR count). The number of nitrogens with zero attached hydrogens (tertiary/aromatic N) is 1. The van der Waals surface area contributed by atoms with Gasteiger partial charge >= 0.3 is 0 Å². The summed E-state index contributed by atoms with van der Waals surface area (Å²) in [4.78, 5) is 3.98. The van der Waals surface area contributed by atoms with Crippen LogP contribution in [0.4, 0.5) is 0 Å². The van der Waals surface area contributed by atoms with Crippen LogP contribution in [0.1, 0.15) is 5.56 Å². The van der Waals surface area contributed by atoms with Gasteiger partial charge in [0.2, 0.25) is 0 Å². The molecule has 0 radical (unpaired) electrons. The molecule has 0 aliphatic rings. The SMILES string of the molecule is CN=C(NC)NCC[S@@](=O)Cc1ccccc1. The second-order valence-electron chi connectivity index (χ2n) is 3.52. The highest BCUT2D eigenvalue weighted by atomic mass is 32.2. The minimum Gasteiger partial charge on any atom is -0.359 e. The predicted octanol–water partition coefficient (Wildman–Crippen LogP) is 0.730. The van der Waals surface area contributed by atoms with Crippen LogP contribution >= 0.6 is 0 Å². The van der Waals surface area contributed by atoms with Crippen LogP contribution < -0.4 is 10.6 Å². The Labute approximate surface area is 105 Å². The molecule has 0 saturated carbocycles. The molecule has 0 aliphatic heterocycles. The third kappa shape index (κ3) is 5.49. The number of rotatable bonds is 5. The summed E-state index contributed by atoms with van der Waals surface area (Å²) in [6, 6.07) is 9.89. The highest BCUT2D eigenvalue weighted by Crippen LogP contribution is 2.02. The standard InChI is InChI=1S/C12H19N3OS/c1-13-12(14-2)15-8-9-17(16)10-11-6-4-3-5-7-11/h3-7H,8-10H2,1-2H3,(H2,13,14,15)/t17-/m1/s1. The van der Waals surface area contributed by atoms with E-state index < -0.39 is 10.8 Å². The highest BCUT2D eigenvalue weighted by Gasteiger charge is 2.01. The molecule has 0 saturated heterocycles. The van der Waals surface area contributed by atoms with Crippen LogP contribution in [0.15, 0.2) is 35.3 Å². The summed E-state index contributed by atoms with van der Waals surface area (Å²) < 4.78 is 11.8. The fourth-order valence-electron chi connectivity index (χ4n) is 1.39. The molecule has 0 heterocycles. The summed E-state index contributed by atoms with van der Waals surface area (Å²) in [6.45, 7) is 0.660. The molecule has 4 nitrogen and oxygen atoms in total. The average molecular weight is 253 g/mol. The molecular formula is C12H19N3OS. The maximum absolute atomic E-state index is 11.8. The minimum absolute atomic E-state index is 0.612. The summed E-state index contributed by atoms with van der Waals surface area (Å²) in [6.07, 6.45) is 0. The van der Waals surface area contributed by atoms with E-state index in [4.69, 9.17) is 0 Å². The number of nitrogens with one attached hydrogen (secondary N) is 2. The van der Waals surface area contributed by atoms with Gasteiger partial charge in [-0.2, -0.15) is 0 Å². The van der Waals surface area contributed by atoms with Crippen molar-refractivity contribution < 1.29 is 4.21 Å². The zero-order valence-corrected chi connectivity index (χ0v) is 11.1. The number of hydrogen-bond acceptors (Lipinski definition) is 2. The zero-order valence-electron chi connectivity index (χ0n) is 10.3. The quantitative estimate of drug-likeness (QED) is 0.601. The Morgan fingerprint density at radius 1 is 1.35 bits per heavy atom. The van der Waals surface area contributed by atoms with Gasteiger partial charge in [-0.3, -0.25) is 9.20 Å². The first-order chi connectivity index (χ1) is 8.26. The topological polar surface area (TPSA) is 53.5 Å². The van der Waals surface area contributed by atoms with Gasteiger partial charge in [0.05, 0.1) is 0 Å². The number of guanidine groups is 1. The Hall–Kier alpha value is -1.36. The summed E-state index contributed by atoms with van der Waals surface area (Å²) >= 11 is 0. The van der Waals surface area contributed by atoms with E-state index in [2.05, 4.69) is 15.6 Å². The Bertz CT molecular complexity index is 379. The summed E-state index contributed by atoms with van der Waals surface area (Å²) in [5.41, 5.74) is 1.11. The van der Waals surface area contributed by atoms with Gasteiger partial charge < -0.3 is 10.6 Å². The van der Waals surface area contributed by atoms with Gasteiger partial charge in [0.15, 0.2) is 5.96 Å². The van der Waals surface area contributed by atoms with E-state index in [0.29, 0.717) is 18.1 Å². The molecule has 0 unspecified atom stereocenters. The molecule has 1 aromatic carbocycles. The minimum atomic E-state index is -0.837. The van der Waals surface area contributed by atoms with Gasteiger partial charge in [-0.15, -0.1) is 0 Å². The van der Waals surface area contributed by atoms with Crippen molar-refractivity contribution in [3.63, 3.8) is 0 Å². The number of hydrogen-bond donors (Lipinski definition) is 2. The van der Waals surface area contributed by atoms with Crippen molar-refractivity contribution in [2.24, 2.45) is 4.99 Å². The molecule has 94 valence electrons. The van der Waals surface area contributed by atoms with Crippen LogP contribution in [-0.4, -0.2) is 36.6 Å². The van der Waals surface area contributed by atoms with Crippen molar-refractivity contribution in [2.75, 3.05) is 26.4 Å². The first-order valence-corrected chi connectivity index (χ1v) is 7.02. The summed E-state index contributed by atoms with van der Waals surface area (Å²) in [5, 5.41) is 6.00. The van der Waals surface area contributed by atoms with E-state index in [-0.39, 0.29) is 0 Å². The van der Waals surface area contributed by atoms with E-state index >= 15 is 0 Å². The Kier molecular flexibility index (Phi) is 6.32. The molecule has 2 N–H and O–H groups in total. The smallest absolute Gasteiger partial charge is 0.190 e. The van der Waals surface area contributed by atoms with Crippen molar-refractivity contribution in [1.82, 2.24) is 10.6 Å². The van der Waals surface area contributed by atoms with Crippen molar-refractivity contribution >= 4 is 16.8 Å². The lowest BCUT2D eigenvalue weighted by Gasteiger charge is -2.08. The van der Waals surface area contributed by atoms with Crippen LogP contribution in [0.2, 0.25) is 0 Å². The number of benzene rings is 1. The Morgan fingerprint density at radius 3 is 2.65 bits per heavy atom. The molecule has 0 spiro atoms. The van der Waals surface area contributed by atoms with Gasteiger partial charge in [0.25, 0.3) is 0 Å². The molecule has 1 atom stereocenters. The van der Waals surface area contributed by atoms with Crippen molar-refractivity contribution in [2.45, 2.75) is 5.75 Å². The lowest BCUT2D eigenvalue weighted by molar-refractivity contribution is 0.681. The van der Waals surface area contributed by atoms with E-state index in [9.17, 15) is 4.21 Å². The molecule has 0 aliphatic carbocycles. The van der Waals surface area contributed by atoms with Gasteiger partial charge in [0.1, 0.15) is 0 Å². The van der Waals surface area contributed by atoms with E-state index in [1.54, 1.807) is 14.1 Å². The Balaban J connectivity index is 2.27. The van der Waals surface area contributed by atoms with Gasteiger partial charge in [-0.1, -0.05) is 30.3 Å². The fraction of sp³-hybridized carbons (Fsp3) is 0.417. The Morgan fingerprint density at radius 2 is 2.06 bits per heavy atom. The molecule has 1 aromatic rings. The first kappa shape index (κ1) is 13.7. The van der Waals surface area contributed by atoms with Crippen molar-refractivity contribution in [3.05, 3.63) is 35.9 Å². The molecule has 0 aromatic heterocycles. The molecular weight excluding hydrogens is 234 g/mol. The normalized spacial score (nSPS) is 13.2. The third-order valence-electron chi connectivity index (χ3n) is 2.25. The van der Waals surface area contributed by atoms with Crippen LogP contribution in [0, 0.1) is 0 Å². The van der Waals surface area contributed by atoms with E-state index in [1.807, 2.05) is 30.3 Å². The largest absolute Gasteiger partial charge is 0.359 e. The summed E-state index contributed by atoms with van der Waals surface area (Å²) in [5.74, 6) is 1.96. The van der Waals surface area contributed by atoms with Crippen LogP contribution in [0.5, 0.6) is 0 Å². The maximum atomic E-state index is 11.8.